The molecule has 102 valence electrons. The van der Waals surface area contributed by atoms with E-state index < -0.39 is 0 Å². The second-order valence-electron chi connectivity index (χ2n) is 4.54. The number of nitrogens with one attached hydrogen (secondary N) is 1. The van der Waals surface area contributed by atoms with E-state index in [1.54, 1.807) is 24.6 Å². The summed E-state index contributed by atoms with van der Waals surface area (Å²) in [5.74, 6) is 0. The topological polar surface area (TPSA) is 46.9 Å². The predicted molar refractivity (Wildman–Crippen MR) is 83.0 cm³/mol. The van der Waals surface area contributed by atoms with Gasteiger partial charge in [-0.2, -0.15) is 5.10 Å². The molecule has 0 aliphatic carbocycles. The molecule has 0 saturated carbocycles. The summed E-state index contributed by atoms with van der Waals surface area (Å²) in [4.78, 5) is 14.4. The van der Waals surface area contributed by atoms with E-state index in [9.17, 15) is 4.79 Å². The van der Waals surface area contributed by atoms with Gasteiger partial charge in [0.1, 0.15) is 4.47 Å². The number of halogens is 1. The molecule has 2 rings (SSSR count). The Morgan fingerprint density at radius 1 is 1.47 bits per heavy atom. The number of hydrogen-bond donors (Lipinski definition) is 1. The number of anilines is 1. The average molecular weight is 342 g/mol. The van der Waals surface area contributed by atoms with E-state index in [0.29, 0.717) is 4.47 Å². The van der Waals surface area contributed by atoms with Crippen molar-refractivity contribution in [2.75, 3.05) is 5.32 Å². The molecule has 0 aromatic carbocycles. The van der Waals surface area contributed by atoms with Crippen LogP contribution in [0.3, 0.4) is 0 Å². The molecule has 2 heterocycles. The molecule has 1 unspecified atom stereocenters. The normalized spacial score (nSPS) is 12.5. The highest BCUT2D eigenvalue weighted by molar-refractivity contribution is 9.10. The molecule has 0 radical (unpaired) electrons. The maximum atomic E-state index is 11.8. The third kappa shape index (κ3) is 2.90. The second-order valence-corrected chi connectivity index (χ2v) is 6.79. The molecule has 1 atom stereocenters. The van der Waals surface area contributed by atoms with Crippen LogP contribution in [-0.4, -0.2) is 9.78 Å². The maximum Gasteiger partial charge on any atom is 0.282 e. The lowest BCUT2D eigenvalue weighted by Gasteiger charge is -2.16. The Hall–Kier alpha value is -1.14. The van der Waals surface area contributed by atoms with Crippen molar-refractivity contribution in [1.82, 2.24) is 9.78 Å². The lowest BCUT2D eigenvalue weighted by molar-refractivity contribution is 0.701. The van der Waals surface area contributed by atoms with Crippen LogP contribution >= 0.6 is 27.3 Å². The Balaban J connectivity index is 2.29. The minimum atomic E-state index is -0.143. The summed E-state index contributed by atoms with van der Waals surface area (Å²) >= 11 is 5.11. The van der Waals surface area contributed by atoms with Crippen LogP contribution in [0.2, 0.25) is 0 Å². The van der Waals surface area contributed by atoms with Gasteiger partial charge in [-0.1, -0.05) is 0 Å². The van der Waals surface area contributed by atoms with Crippen molar-refractivity contribution < 1.29 is 0 Å². The molecule has 0 bridgehead atoms. The van der Waals surface area contributed by atoms with Crippen molar-refractivity contribution in [1.29, 1.82) is 0 Å². The summed E-state index contributed by atoms with van der Waals surface area (Å²) < 4.78 is 1.82. The van der Waals surface area contributed by atoms with Crippen molar-refractivity contribution in [2.45, 2.75) is 26.8 Å². The third-order valence-corrected chi connectivity index (χ3v) is 4.74. The van der Waals surface area contributed by atoms with E-state index >= 15 is 0 Å². The van der Waals surface area contributed by atoms with Gasteiger partial charge in [0.25, 0.3) is 5.56 Å². The van der Waals surface area contributed by atoms with Gasteiger partial charge in [0.2, 0.25) is 0 Å². The van der Waals surface area contributed by atoms with Gasteiger partial charge < -0.3 is 5.32 Å². The van der Waals surface area contributed by atoms with Crippen molar-refractivity contribution in [2.24, 2.45) is 7.05 Å². The zero-order chi connectivity index (χ0) is 14.2. The molecule has 0 aliphatic heterocycles. The standard InChI is InChI=1S/C13H16BrN3OS/c1-7-5-10(9(3)19-7)8(2)16-11-6-15-17(4)13(18)12(11)14/h5-6,8,16H,1-4H3. The average Bonchev–Trinajstić information content (AvgIpc) is 2.69. The number of thiophene rings is 1. The summed E-state index contributed by atoms with van der Waals surface area (Å²) in [7, 11) is 1.63. The molecular weight excluding hydrogens is 326 g/mol. The summed E-state index contributed by atoms with van der Waals surface area (Å²) in [5.41, 5.74) is 1.84. The minimum Gasteiger partial charge on any atom is -0.376 e. The Morgan fingerprint density at radius 2 is 2.16 bits per heavy atom. The van der Waals surface area contributed by atoms with Crippen LogP contribution in [-0.2, 0) is 7.05 Å². The number of aryl methyl sites for hydroxylation is 3. The second kappa shape index (κ2) is 5.46. The first kappa shape index (κ1) is 14.3. The molecule has 0 saturated heterocycles. The van der Waals surface area contributed by atoms with Gasteiger partial charge >= 0.3 is 0 Å². The largest absolute Gasteiger partial charge is 0.376 e. The maximum absolute atomic E-state index is 11.8. The quantitative estimate of drug-likeness (QED) is 0.930. The molecule has 1 N–H and O–H groups in total. The lowest BCUT2D eigenvalue weighted by Crippen LogP contribution is -2.22. The smallest absolute Gasteiger partial charge is 0.282 e. The molecular formula is C13H16BrN3OS. The van der Waals surface area contributed by atoms with Gasteiger partial charge in [-0.25, -0.2) is 4.68 Å². The van der Waals surface area contributed by atoms with Gasteiger partial charge in [0.15, 0.2) is 0 Å². The summed E-state index contributed by atoms with van der Waals surface area (Å²) in [6, 6.07) is 2.32. The Labute approximate surface area is 124 Å². The van der Waals surface area contributed by atoms with Crippen LogP contribution in [0.4, 0.5) is 5.69 Å². The highest BCUT2D eigenvalue weighted by Gasteiger charge is 2.14. The van der Waals surface area contributed by atoms with Crippen molar-refractivity contribution >= 4 is 33.0 Å². The van der Waals surface area contributed by atoms with Crippen LogP contribution in [0.15, 0.2) is 21.5 Å². The minimum absolute atomic E-state index is 0.134. The van der Waals surface area contributed by atoms with Crippen LogP contribution in [0.1, 0.15) is 28.3 Å². The van der Waals surface area contributed by atoms with Gasteiger partial charge in [-0.05, 0) is 48.3 Å². The predicted octanol–water partition coefficient (Wildman–Crippen LogP) is 3.39. The van der Waals surface area contributed by atoms with E-state index in [0.717, 1.165) is 5.69 Å². The lowest BCUT2D eigenvalue weighted by atomic mass is 10.1. The molecule has 2 aromatic heterocycles. The molecule has 0 fully saturated rings. The van der Waals surface area contributed by atoms with E-state index in [4.69, 9.17) is 0 Å². The van der Waals surface area contributed by atoms with Crippen LogP contribution < -0.4 is 10.9 Å². The number of nitrogens with zero attached hydrogens (tertiary/aromatic N) is 2. The molecule has 0 aliphatic rings. The highest BCUT2D eigenvalue weighted by atomic mass is 79.9. The third-order valence-electron chi connectivity index (χ3n) is 3.00. The van der Waals surface area contributed by atoms with Gasteiger partial charge in [0.05, 0.1) is 11.9 Å². The first-order valence-electron chi connectivity index (χ1n) is 5.95. The summed E-state index contributed by atoms with van der Waals surface area (Å²) in [6.07, 6.45) is 1.66. The summed E-state index contributed by atoms with van der Waals surface area (Å²) in [6.45, 7) is 6.30. The molecule has 19 heavy (non-hydrogen) atoms. The van der Waals surface area contributed by atoms with E-state index in [1.807, 2.05) is 0 Å². The Bertz CT molecular complexity index is 662. The fourth-order valence-electron chi connectivity index (χ4n) is 2.00. The molecule has 4 nitrogen and oxygen atoms in total. The van der Waals surface area contributed by atoms with Crippen LogP contribution in [0, 0.1) is 13.8 Å². The number of rotatable bonds is 3. The zero-order valence-corrected chi connectivity index (χ0v) is 13.7. The number of aromatic nitrogens is 2. The molecule has 6 heteroatoms. The fourth-order valence-corrected chi connectivity index (χ4v) is 3.50. The first-order valence-corrected chi connectivity index (χ1v) is 7.56. The van der Waals surface area contributed by atoms with Crippen molar-refractivity contribution in [3.63, 3.8) is 0 Å². The monoisotopic (exact) mass is 341 g/mol. The number of hydrogen-bond acceptors (Lipinski definition) is 4. The van der Waals surface area contributed by atoms with Gasteiger partial charge in [0, 0.05) is 22.8 Å². The van der Waals surface area contributed by atoms with Gasteiger partial charge in [-0.15, -0.1) is 11.3 Å². The molecule has 2 aromatic rings. The van der Waals surface area contributed by atoms with E-state index in [1.165, 1.54) is 20.0 Å². The van der Waals surface area contributed by atoms with Crippen molar-refractivity contribution in [3.05, 3.63) is 42.4 Å². The van der Waals surface area contributed by atoms with Gasteiger partial charge in [-0.3, -0.25) is 4.79 Å². The van der Waals surface area contributed by atoms with E-state index in [-0.39, 0.29) is 11.6 Å². The zero-order valence-electron chi connectivity index (χ0n) is 11.3. The Morgan fingerprint density at radius 3 is 2.74 bits per heavy atom. The molecule has 0 amide bonds. The summed E-state index contributed by atoms with van der Waals surface area (Å²) in [5, 5.41) is 7.36. The first-order chi connectivity index (χ1) is 8.90. The fraction of sp³-hybridized carbons (Fsp3) is 0.385. The molecule has 0 spiro atoms. The van der Waals surface area contributed by atoms with Crippen LogP contribution in [0.5, 0.6) is 0 Å². The highest BCUT2D eigenvalue weighted by Crippen LogP contribution is 2.29. The van der Waals surface area contributed by atoms with Crippen LogP contribution in [0.25, 0.3) is 0 Å². The SMILES string of the molecule is Cc1cc(C(C)Nc2cnn(C)c(=O)c2Br)c(C)s1. The Kier molecular flexibility index (Phi) is 4.10. The van der Waals surface area contributed by atoms with Crippen molar-refractivity contribution in [3.8, 4) is 0 Å². The van der Waals surface area contributed by atoms with E-state index in [2.05, 4.69) is 53.2 Å².